The van der Waals surface area contributed by atoms with E-state index in [-0.39, 0.29) is 10.8 Å². The Morgan fingerprint density at radius 3 is 2.27 bits per heavy atom. The Kier molecular flexibility index (Phi) is 4.77. The molecule has 0 unspecified atom stereocenters. The smallest absolute Gasteiger partial charge is 0.264 e. The highest BCUT2D eigenvalue weighted by Crippen LogP contribution is 2.23. The maximum atomic E-state index is 12.7. The van der Waals surface area contributed by atoms with Crippen LogP contribution in [0.5, 0.6) is 0 Å². The molecule has 0 radical (unpaired) electrons. The maximum absolute atomic E-state index is 12.7. The monoisotopic (exact) mass is 370 g/mol. The van der Waals surface area contributed by atoms with Gasteiger partial charge in [0.2, 0.25) is 0 Å². The third-order valence-corrected chi connectivity index (χ3v) is 5.72. The number of carbonyl (C=O) groups excluding carboxylic acids is 1. The molecule has 0 aliphatic rings. The first kappa shape index (κ1) is 17.7. The summed E-state index contributed by atoms with van der Waals surface area (Å²) >= 11 is 0. The molecule has 0 saturated carbocycles. The Labute approximate surface area is 151 Å². The Morgan fingerprint density at radius 2 is 1.69 bits per heavy atom. The highest BCUT2D eigenvalue weighted by atomic mass is 32.2. The second-order valence-corrected chi connectivity index (χ2v) is 7.73. The highest BCUT2D eigenvalue weighted by molar-refractivity contribution is 7.92. The first-order valence-electron chi connectivity index (χ1n) is 7.84. The van der Waals surface area contributed by atoms with Crippen molar-refractivity contribution in [2.45, 2.75) is 11.8 Å². The minimum Gasteiger partial charge on any atom is -0.307 e. The summed E-state index contributed by atoms with van der Waals surface area (Å²) in [4.78, 5) is 12.4. The predicted octanol–water partition coefficient (Wildman–Crippen LogP) is 2.80. The number of hydrogen-bond donors (Lipinski definition) is 2. The van der Waals surface area contributed by atoms with E-state index in [4.69, 9.17) is 0 Å². The zero-order chi connectivity index (χ0) is 18.7. The van der Waals surface area contributed by atoms with Crippen LogP contribution in [0.25, 0.3) is 0 Å². The zero-order valence-corrected chi connectivity index (χ0v) is 15.1. The maximum Gasteiger partial charge on any atom is 0.264 e. The van der Waals surface area contributed by atoms with Gasteiger partial charge >= 0.3 is 0 Å². The standard InChI is InChI=1S/C18H18N4O3S/c1-13-3-9-16(10-4-13)26(24,25)22(2)15-7-5-14(6-8-15)18(23)20-17-11-12-19-21-17/h3-12H,1-2H3,(H2,19,20,21,23). The SMILES string of the molecule is Cc1ccc(S(=O)(=O)N(C)c2ccc(C(=O)Nc3ccn[nH]3)cc2)cc1. The Hall–Kier alpha value is -3.13. The molecule has 1 amide bonds. The van der Waals surface area contributed by atoms with Crippen LogP contribution in [0.1, 0.15) is 15.9 Å². The van der Waals surface area contributed by atoms with E-state index in [1.807, 2.05) is 6.92 Å². The fraction of sp³-hybridized carbons (Fsp3) is 0.111. The summed E-state index contributed by atoms with van der Waals surface area (Å²) in [7, 11) is -2.18. The predicted molar refractivity (Wildman–Crippen MR) is 99.8 cm³/mol. The zero-order valence-electron chi connectivity index (χ0n) is 14.3. The van der Waals surface area contributed by atoms with Crippen LogP contribution in [0.3, 0.4) is 0 Å². The lowest BCUT2D eigenvalue weighted by Gasteiger charge is -2.20. The molecule has 26 heavy (non-hydrogen) atoms. The summed E-state index contributed by atoms with van der Waals surface area (Å²) in [5, 5.41) is 9.05. The third-order valence-electron chi connectivity index (χ3n) is 3.92. The number of aromatic nitrogens is 2. The van der Waals surface area contributed by atoms with Crippen molar-refractivity contribution in [3.05, 3.63) is 71.9 Å². The number of nitrogens with zero attached hydrogens (tertiary/aromatic N) is 2. The Balaban J connectivity index is 1.79. The van der Waals surface area contributed by atoms with Crippen LogP contribution in [0.2, 0.25) is 0 Å². The van der Waals surface area contributed by atoms with E-state index < -0.39 is 10.0 Å². The first-order chi connectivity index (χ1) is 12.4. The largest absolute Gasteiger partial charge is 0.307 e. The Morgan fingerprint density at radius 1 is 1.04 bits per heavy atom. The van der Waals surface area contributed by atoms with Crippen molar-refractivity contribution >= 4 is 27.4 Å². The molecular weight excluding hydrogens is 352 g/mol. The van der Waals surface area contributed by atoms with Crippen LogP contribution >= 0.6 is 0 Å². The molecule has 0 bridgehead atoms. The molecule has 8 heteroatoms. The molecule has 1 aromatic heterocycles. The topological polar surface area (TPSA) is 95.2 Å². The molecule has 0 atom stereocenters. The van der Waals surface area contributed by atoms with Crippen LogP contribution in [0, 0.1) is 6.92 Å². The summed E-state index contributed by atoms with van der Waals surface area (Å²) in [5.41, 5.74) is 1.85. The minimum atomic E-state index is -3.66. The number of sulfonamides is 1. The molecule has 2 N–H and O–H groups in total. The number of anilines is 2. The van der Waals surface area contributed by atoms with E-state index >= 15 is 0 Å². The molecule has 0 spiro atoms. The van der Waals surface area contributed by atoms with E-state index in [9.17, 15) is 13.2 Å². The van der Waals surface area contributed by atoms with Crippen LogP contribution in [0.4, 0.5) is 11.5 Å². The molecule has 3 rings (SSSR count). The Bertz CT molecular complexity index is 996. The van der Waals surface area contributed by atoms with Gasteiger partial charge < -0.3 is 5.32 Å². The summed E-state index contributed by atoms with van der Waals surface area (Å²) in [5.74, 6) is 0.169. The molecular formula is C18H18N4O3S. The lowest BCUT2D eigenvalue weighted by atomic mass is 10.2. The molecule has 0 fully saturated rings. The number of rotatable bonds is 5. The van der Waals surface area contributed by atoms with Crippen LogP contribution < -0.4 is 9.62 Å². The van der Waals surface area contributed by atoms with Crippen LogP contribution in [-0.4, -0.2) is 31.6 Å². The number of aryl methyl sites for hydroxylation is 1. The normalized spacial score (nSPS) is 11.2. The number of aromatic amines is 1. The van der Waals surface area contributed by atoms with Crippen molar-refractivity contribution in [3.63, 3.8) is 0 Å². The quantitative estimate of drug-likeness (QED) is 0.722. The number of H-pyrrole nitrogens is 1. The second-order valence-electron chi connectivity index (χ2n) is 5.76. The van der Waals surface area contributed by atoms with E-state index in [0.717, 1.165) is 5.56 Å². The van der Waals surface area contributed by atoms with Gasteiger partial charge in [0.05, 0.1) is 16.8 Å². The number of carbonyl (C=O) groups is 1. The van der Waals surface area contributed by atoms with Crippen LogP contribution in [0.15, 0.2) is 65.7 Å². The van der Waals surface area contributed by atoms with Gasteiger partial charge in [0.25, 0.3) is 15.9 Å². The fourth-order valence-electron chi connectivity index (χ4n) is 2.35. The fourth-order valence-corrected chi connectivity index (χ4v) is 3.55. The third kappa shape index (κ3) is 3.60. The van der Waals surface area contributed by atoms with Gasteiger partial charge in [-0.05, 0) is 43.3 Å². The minimum absolute atomic E-state index is 0.215. The lowest BCUT2D eigenvalue weighted by Crippen LogP contribution is -2.26. The molecule has 0 saturated heterocycles. The summed E-state index contributed by atoms with van der Waals surface area (Å²) < 4.78 is 26.6. The van der Waals surface area contributed by atoms with Crippen molar-refractivity contribution < 1.29 is 13.2 Å². The summed E-state index contributed by atoms with van der Waals surface area (Å²) in [6.45, 7) is 1.90. The second kappa shape index (κ2) is 7.01. The molecule has 1 heterocycles. The van der Waals surface area contributed by atoms with Gasteiger partial charge in [-0.15, -0.1) is 0 Å². The van der Waals surface area contributed by atoms with Crippen molar-refractivity contribution in [1.82, 2.24) is 10.2 Å². The average molecular weight is 370 g/mol. The van der Waals surface area contributed by atoms with Gasteiger partial charge in [0.1, 0.15) is 5.82 Å². The van der Waals surface area contributed by atoms with E-state index in [1.165, 1.54) is 17.5 Å². The molecule has 0 aliphatic carbocycles. The van der Waals surface area contributed by atoms with Gasteiger partial charge in [-0.25, -0.2) is 8.42 Å². The average Bonchev–Trinajstić information content (AvgIpc) is 3.14. The molecule has 7 nitrogen and oxygen atoms in total. The molecule has 2 aromatic carbocycles. The van der Waals surface area contributed by atoms with E-state index in [1.54, 1.807) is 54.6 Å². The lowest BCUT2D eigenvalue weighted by molar-refractivity contribution is 0.102. The van der Waals surface area contributed by atoms with Gasteiger partial charge in [-0.1, -0.05) is 17.7 Å². The van der Waals surface area contributed by atoms with Crippen molar-refractivity contribution in [1.29, 1.82) is 0 Å². The van der Waals surface area contributed by atoms with Gasteiger partial charge in [0.15, 0.2) is 0 Å². The number of benzene rings is 2. The van der Waals surface area contributed by atoms with Gasteiger partial charge in [-0.2, -0.15) is 5.10 Å². The van der Waals surface area contributed by atoms with Gasteiger partial charge in [0, 0.05) is 18.7 Å². The first-order valence-corrected chi connectivity index (χ1v) is 9.28. The summed E-state index contributed by atoms with van der Waals surface area (Å²) in [6, 6.07) is 14.6. The van der Waals surface area contributed by atoms with Crippen molar-refractivity contribution in [2.75, 3.05) is 16.7 Å². The summed E-state index contributed by atoms with van der Waals surface area (Å²) in [6.07, 6.45) is 1.53. The molecule has 134 valence electrons. The van der Waals surface area contributed by atoms with Crippen LogP contribution in [-0.2, 0) is 10.0 Å². The highest BCUT2D eigenvalue weighted by Gasteiger charge is 2.21. The van der Waals surface area contributed by atoms with Crippen molar-refractivity contribution in [2.24, 2.45) is 0 Å². The van der Waals surface area contributed by atoms with E-state index in [2.05, 4.69) is 15.5 Å². The number of hydrogen-bond acceptors (Lipinski definition) is 4. The molecule has 3 aromatic rings. The van der Waals surface area contributed by atoms with Gasteiger partial charge in [-0.3, -0.25) is 14.2 Å². The van der Waals surface area contributed by atoms with Crippen molar-refractivity contribution in [3.8, 4) is 0 Å². The number of amides is 1. The number of nitrogens with one attached hydrogen (secondary N) is 2. The molecule has 0 aliphatic heterocycles. The van der Waals surface area contributed by atoms with E-state index in [0.29, 0.717) is 17.1 Å².